The molecule has 0 unspecified atom stereocenters. The Morgan fingerprint density at radius 1 is 1.58 bits per heavy atom. The molecule has 0 aromatic heterocycles. The molecule has 3 heteroatoms. The highest BCUT2D eigenvalue weighted by Crippen LogP contribution is 2.00. The van der Waals surface area contributed by atoms with Crippen molar-refractivity contribution >= 4 is 20.7 Å². The Labute approximate surface area is 76.6 Å². The molecule has 0 atom stereocenters. The Kier molecular flexibility index (Phi) is 6.16. The van der Waals surface area contributed by atoms with Gasteiger partial charge in [0.25, 0.3) is 0 Å². The minimum absolute atomic E-state index is 0.566. The third-order valence-corrected chi connectivity index (χ3v) is 1.35. The maximum Gasteiger partial charge on any atom is 0.143 e. The fourth-order valence-corrected chi connectivity index (χ4v) is 0.781. The van der Waals surface area contributed by atoms with Crippen LogP contribution in [-0.4, -0.2) is 20.7 Å². The van der Waals surface area contributed by atoms with Crippen LogP contribution in [0.25, 0.3) is 0 Å². The van der Waals surface area contributed by atoms with Gasteiger partial charge < -0.3 is 0 Å². The highest BCUT2D eigenvalue weighted by atomic mass is 14.7. The lowest BCUT2D eigenvalue weighted by Gasteiger charge is -2.01. The lowest BCUT2D eigenvalue weighted by molar-refractivity contribution is 1.41. The van der Waals surface area contributed by atoms with Crippen molar-refractivity contribution in [2.75, 3.05) is 0 Å². The quantitative estimate of drug-likeness (QED) is 0.327. The number of aliphatic imine (C=N–C) groups is 1. The molecule has 0 aromatic rings. The molecule has 0 aliphatic heterocycles. The van der Waals surface area contributed by atoms with Crippen molar-refractivity contribution in [3.63, 3.8) is 0 Å². The minimum Gasteiger partial charge on any atom is -0.277 e. The van der Waals surface area contributed by atoms with Crippen molar-refractivity contribution in [2.45, 2.75) is 13.2 Å². The van der Waals surface area contributed by atoms with E-state index in [2.05, 4.69) is 18.2 Å². The maximum absolute atomic E-state index is 5.57. The van der Waals surface area contributed by atoms with Crippen LogP contribution in [0.15, 0.2) is 42.0 Å². The Balaban J connectivity index is 4.20. The number of hydrogen-bond acceptors (Lipinski definition) is 1. The van der Waals surface area contributed by atoms with Crippen LogP contribution >= 0.6 is 0 Å². The SMILES string of the molecule is [B]C(C/C([B]C)=C\C=C)=NC=C. The Bertz CT molecular complexity index is 217. The molecule has 12 heavy (non-hydrogen) atoms. The van der Waals surface area contributed by atoms with Crippen LogP contribution in [0.1, 0.15) is 6.42 Å². The van der Waals surface area contributed by atoms with E-state index in [4.69, 9.17) is 7.85 Å². The Morgan fingerprint density at radius 3 is 2.67 bits per heavy atom. The molecule has 0 amide bonds. The molecule has 0 spiro atoms. The largest absolute Gasteiger partial charge is 0.277 e. The summed E-state index contributed by atoms with van der Waals surface area (Å²) in [5.74, 6) is 0. The molecule has 0 heterocycles. The van der Waals surface area contributed by atoms with E-state index in [9.17, 15) is 0 Å². The smallest absolute Gasteiger partial charge is 0.143 e. The van der Waals surface area contributed by atoms with Crippen molar-refractivity contribution in [3.8, 4) is 0 Å². The number of nitrogens with zero attached hydrogens (tertiary/aromatic N) is 1. The lowest BCUT2D eigenvalue weighted by atomic mass is 9.68. The summed E-state index contributed by atoms with van der Waals surface area (Å²) in [4.78, 5) is 3.86. The van der Waals surface area contributed by atoms with E-state index in [0.717, 1.165) is 5.47 Å². The molecule has 1 nitrogen and oxygen atoms in total. The van der Waals surface area contributed by atoms with Crippen LogP contribution in [0.5, 0.6) is 0 Å². The number of allylic oxidation sites excluding steroid dienone is 3. The van der Waals surface area contributed by atoms with Crippen molar-refractivity contribution < 1.29 is 0 Å². The first kappa shape index (κ1) is 11.0. The standard InChI is InChI=1S/C9H12B2N/c1-4-6-8(11-3)7-9(10)12-5-2/h4-6H,1-2,7H2,3H3/b8-6+,12-9?. The zero-order valence-electron chi connectivity index (χ0n) is 7.46. The zero-order chi connectivity index (χ0) is 9.40. The van der Waals surface area contributed by atoms with E-state index in [1.807, 2.05) is 20.2 Å². The van der Waals surface area contributed by atoms with E-state index < -0.39 is 0 Å². The van der Waals surface area contributed by atoms with Gasteiger partial charge in [-0.05, 0) is 12.0 Å². The first-order valence-electron chi connectivity index (χ1n) is 3.78. The van der Waals surface area contributed by atoms with Gasteiger partial charge in [-0.2, -0.15) is 0 Å². The van der Waals surface area contributed by atoms with Crippen LogP contribution < -0.4 is 0 Å². The van der Waals surface area contributed by atoms with Crippen LogP contribution in [-0.2, 0) is 0 Å². The zero-order valence-corrected chi connectivity index (χ0v) is 7.46. The molecule has 0 N–H and O–H groups in total. The van der Waals surface area contributed by atoms with Gasteiger partial charge in [0, 0.05) is 6.20 Å². The van der Waals surface area contributed by atoms with E-state index in [0.29, 0.717) is 12.0 Å². The Hall–Kier alpha value is -0.980. The van der Waals surface area contributed by atoms with Crippen molar-refractivity contribution in [1.29, 1.82) is 0 Å². The molecule has 0 rings (SSSR count). The van der Waals surface area contributed by atoms with E-state index in [-0.39, 0.29) is 0 Å². The fourth-order valence-electron chi connectivity index (χ4n) is 0.781. The molecule has 0 saturated heterocycles. The highest BCUT2D eigenvalue weighted by Gasteiger charge is 1.95. The van der Waals surface area contributed by atoms with Gasteiger partial charge in [-0.25, -0.2) is 0 Å². The van der Waals surface area contributed by atoms with Gasteiger partial charge in [-0.3, -0.25) is 4.99 Å². The summed E-state index contributed by atoms with van der Waals surface area (Å²) in [6, 6.07) is 0. The van der Waals surface area contributed by atoms with Crippen molar-refractivity contribution in [2.24, 2.45) is 4.99 Å². The van der Waals surface area contributed by atoms with Gasteiger partial charge in [0.15, 0.2) is 0 Å². The predicted molar refractivity (Wildman–Crippen MR) is 57.9 cm³/mol. The average Bonchev–Trinajstić information content (AvgIpc) is 2.04. The van der Waals surface area contributed by atoms with E-state index >= 15 is 0 Å². The van der Waals surface area contributed by atoms with Crippen LogP contribution in [0.3, 0.4) is 0 Å². The predicted octanol–water partition coefficient (Wildman–Crippen LogP) is 1.91. The normalized spacial score (nSPS) is 12.4. The molecule has 3 radical (unpaired) electrons. The minimum atomic E-state index is 0.566. The van der Waals surface area contributed by atoms with Gasteiger partial charge in [-0.15, -0.1) is 5.47 Å². The summed E-state index contributed by atoms with van der Waals surface area (Å²) in [5.41, 5.74) is 1.67. The third-order valence-electron chi connectivity index (χ3n) is 1.35. The van der Waals surface area contributed by atoms with Gasteiger partial charge >= 0.3 is 0 Å². The number of rotatable bonds is 5. The second kappa shape index (κ2) is 6.71. The molecular weight excluding hydrogens is 144 g/mol. The van der Waals surface area contributed by atoms with Gasteiger partial charge in [0.1, 0.15) is 15.1 Å². The van der Waals surface area contributed by atoms with E-state index in [1.54, 1.807) is 6.08 Å². The summed E-state index contributed by atoms with van der Waals surface area (Å²) in [5, 5.41) is 0. The van der Waals surface area contributed by atoms with Crippen molar-refractivity contribution in [3.05, 3.63) is 37.0 Å². The molecule has 0 aliphatic rings. The fraction of sp³-hybridized carbons (Fsp3) is 0.222. The first-order chi connectivity index (χ1) is 5.74. The van der Waals surface area contributed by atoms with Crippen LogP contribution in [0.2, 0.25) is 6.82 Å². The van der Waals surface area contributed by atoms with E-state index in [1.165, 1.54) is 6.20 Å². The summed E-state index contributed by atoms with van der Waals surface area (Å²) >= 11 is 0. The molecule has 0 aromatic carbocycles. The van der Waals surface area contributed by atoms with Crippen LogP contribution in [0.4, 0.5) is 0 Å². The Morgan fingerprint density at radius 2 is 2.25 bits per heavy atom. The van der Waals surface area contributed by atoms with Gasteiger partial charge in [0.05, 0.1) is 0 Å². The lowest BCUT2D eigenvalue weighted by Crippen LogP contribution is -2.02. The second-order valence-corrected chi connectivity index (χ2v) is 2.25. The summed E-state index contributed by atoms with van der Waals surface area (Å²) in [6.45, 7) is 9.02. The van der Waals surface area contributed by atoms with Gasteiger partial charge in [-0.1, -0.05) is 32.1 Å². The monoisotopic (exact) mass is 156 g/mol. The maximum atomic E-state index is 5.57. The average molecular weight is 156 g/mol. The molecule has 0 bridgehead atoms. The highest BCUT2D eigenvalue weighted by molar-refractivity contribution is 6.61. The first-order valence-corrected chi connectivity index (χ1v) is 3.78. The summed E-state index contributed by atoms with van der Waals surface area (Å²) in [7, 11) is 7.55. The van der Waals surface area contributed by atoms with Crippen LogP contribution in [0, 0.1) is 0 Å². The topological polar surface area (TPSA) is 12.4 Å². The third kappa shape index (κ3) is 4.78. The van der Waals surface area contributed by atoms with Gasteiger partial charge in [0.2, 0.25) is 0 Å². The molecule has 59 valence electrons. The summed E-state index contributed by atoms with van der Waals surface area (Å²) in [6.07, 6.45) is 5.73. The molecule has 0 saturated carbocycles. The second-order valence-electron chi connectivity index (χ2n) is 2.25. The molecule has 0 fully saturated rings. The molecular formula is C9H12B2N. The van der Waals surface area contributed by atoms with Crippen molar-refractivity contribution in [1.82, 2.24) is 0 Å². The summed E-state index contributed by atoms with van der Waals surface area (Å²) < 4.78 is 0. The number of hydrogen-bond donors (Lipinski definition) is 0. The molecule has 0 aliphatic carbocycles.